The maximum Gasteiger partial charge on any atom is 0.226 e. The Bertz CT molecular complexity index is 871. The molecule has 128 valence electrons. The number of hydrogen-bond donors (Lipinski definition) is 1. The molecule has 1 aromatic heterocycles. The van der Waals surface area contributed by atoms with Crippen molar-refractivity contribution in [1.82, 2.24) is 4.57 Å². The van der Waals surface area contributed by atoms with Gasteiger partial charge in [-0.2, -0.15) is 0 Å². The number of anilines is 1. The lowest BCUT2D eigenvalue weighted by Gasteiger charge is -2.21. The molecule has 25 heavy (non-hydrogen) atoms. The summed E-state index contributed by atoms with van der Waals surface area (Å²) in [5, 5.41) is 3.49. The van der Waals surface area contributed by atoms with Crippen molar-refractivity contribution in [3.8, 4) is 0 Å². The van der Waals surface area contributed by atoms with E-state index in [0.29, 0.717) is 17.1 Å². The smallest absolute Gasteiger partial charge is 0.226 e. The van der Waals surface area contributed by atoms with Crippen LogP contribution in [0.4, 0.5) is 5.69 Å². The van der Waals surface area contributed by atoms with Gasteiger partial charge in [0.05, 0.1) is 23.2 Å². The fourth-order valence-electron chi connectivity index (χ4n) is 2.99. The lowest BCUT2D eigenvalue weighted by atomic mass is 9.98. The number of carbonyl (C=O) groups excluding carboxylic acids is 1. The molecule has 0 spiro atoms. The van der Waals surface area contributed by atoms with Crippen molar-refractivity contribution in [2.75, 3.05) is 5.32 Å². The van der Waals surface area contributed by atoms with E-state index in [0.717, 1.165) is 11.1 Å². The Morgan fingerprint density at radius 1 is 1.08 bits per heavy atom. The Morgan fingerprint density at radius 2 is 1.80 bits per heavy atom. The number of aryl methyl sites for hydroxylation is 2. The number of hydrogen-bond acceptors (Lipinski definition) is 1. The molecule has 0 radical (unpaired) electrons. The Kier molecular flexibility index (Phi) is 5.25. The van der Waals surface area contributed by atoms with Gasteiger partial charge in [0.1, 0.15) is 0 Å². The van der Waals surface area contributed by atoms with E-state index < -0.39 is 0 Å². The standard InChI is InChI=1S/C21H21ClN2O/c1-15-9-10-19(18(22)13-15)23-21(25)14-20(24-11-5-6-12-24)17-8-4-3-7-16(17)2/h3-13,20H,14H2,1-2H3,(H,23,25)/t20-/m1/s1. The second kappa shape index (κ2) is 7.58. The summed E-state index contributed by atoms with van der Waals surface area (Å²) in [6.45, 7) is 4.04. The van der Waals surface area contributed by atoms with Gasteiger partial charge in [0, 0.05) is 12.4 Å². The first-order chi connectivity index (χ1) is 12.0. The van der Waals surface area contributed by atoms with E-state index in [1.165, 1.54) is 5.56 Å². The summed E-state index contributed by atoms with van der Waals surface area (Å²) in [5.41, 5.74) is 4.02. The maximum atomic E-state index is 12.7. The predicted molar refractivity (Wildman–Crippen MR) is 103 cm³/mol. The van der Waals surface area contributed by atoms with E-state index in [-0.39, 0.29) is 11.9 Å². The topological polar surface area (TPSA) is 34.0 Å². The molecule has 3 rings (SSSR count). The van der Waals surface area contributed by atoms with E-state index in [1.807, 2.05) is 61.8 Å². The van der Waals surface area contributed by atoms with Crippen LogP contribution in [0.1, 0.15) is 29.2 Å². The lowest BCUT2D eigenvalue weighted by molar-refractivity contribution is -0.116. The van der Waals surface area contributed by atoms with Gasteiger partial charge >= 0.3 is 0 Å². The highest BCUT2D eigenvalue weighted by atomic mass is 35.5. The third-order valence-electron chi connectivity index (χ3n) is 4.31. The molecular formula is C21H21ClN2O. The quantitative estimate of drug-likeness (QED) is 0.657. The average molecular weight is 353 g/mol. The fourth-order valence-corrected chi connectivity index (χ4v) is 3.27. The highest BCUT2D eigenvalue weighted by Crippen LogP contribution is 2.27. The summed E-state index contributed by atoms with van der Waals surface area (Å²) < 4.78 is 2.07. The number of amides is 1. The van der Waals surface area contributed by atoms with Crippen LogP contribution in [-0.2, 0) is 4.79 Å². The minimum Gasteiger partial charge on any atom is -0.346 e. The summed E-state index contributed by atoms with van der Waals surface area (Å²) in [4.78, 5) is 12.7. The van der Waals surface area contributed by atoms with Gasteiger partial charge < -0.3 is 9.88 Å². The molecule has 1 atom stereocenters. The van der Waals surface area contributed by atoms with Crippen molar-refractivity contribution >= 4 is 23.2 Å². The largest absolute Gasteiger partial charge is 0.346 e. The van der Waals surface area contributed by atoms with Crippen molar-refractivity contribution in [1.29, 1.82) is 0 Å². The molecule has 0 aliphatic carbocycles. The third-order valence-corrected chi connectivity index (χ3v) is 4.62. The number of rotatable bonds is 5. The van der Waals surface area contributed by atoms with Crippen molar-refractivity contribution in [2.45, 2.75) is 26.3 Å². The Morgan fingerprint density at radius 3 is 2.48 bits per heavy atom. The molecule has 0 aliphatic heterocycles. The Balaban J connectivity index is 1.83. The van der Waals surface area contributed by atoms with E-state index in [1.54, 1.807) is 0 Å². The Hall–Kier alpha value is -2.52. The molecule has 0 aliphatic rings. The number of benzene rings is 2. The number of carbonyl (C=O) groups is 1. The summed E-state index contributed by atoms with van der Waals surface area (Å²) in [5.74, 6) is -0.0623. The number of nitrogens with one attached hydrogen (secondary N) is 1. The van der Waals surface area contributed by atoms with Gasteiger partial charge in [0.15, 0.2) is 0 Å². The molecule has 1 amide bonds. The van der Waals surface area contributed by atoms with Crippen LogP contribution in [0, 0.1) is 13.8 Å². The molecule has 0 saturated carbocycles. The molecule has 0 saturated heterocycles. The van der Waals surface area contributed by atoms with Gasteiger partial charge in [-0.05, 0) is 54.8 Å². The number of nitrogens with zero attached hydrogens (tertiary/aromatic N) is 1. The van der Waals surface area contributed by atoms with Crippen LogP contribution in [0.15, 0.2) is 67.0 Å². The summed E-state index contributed by atoms with van der Waals surface area (Å²) in [7, 11) is 0. The summed E-state index contributed by atoms with van der Waals surface area (Å²) in [6, 6.07) is 17.7. The van der Waals surface area contributed by atoms with Gasteiger partial charge in [-0.3, -0.25) is 4.79 Å². The highest BCUT2D eigenvalue weighted by molar-refractivity contribution is 6.33. The van der Waals surface area contributed by atoms with Crippen LogP contribution in [0.3, 0.4) is 0 Å². The van der Waals surface area contributed by atoms with Crippen LogP contribution >= 0.6 is 11.6 Å². The van der Waals surface area contributed by atoms with Crippen LogP contribution in [0.25, 0.3) is 0 Å². The lowest BCUT2D eigenvalue weighted by Crippen LogP contribution is -2.20. The molecular weight excluding hydrogens is 332 g/mol. The zero-order chi connectivity index (χ0) is 17.8. The van der Waals surface area contributed by atoms with Gasteiger partial charge in [-0.15, -0.1) is 0 Å². The predicted octanol–water partition coefficient (Wildman–Crippen LogP) is 5.38. The molecule has 1 N–H and O–H groups in total. The molecule has 4 heteroatoms. The number of aromatic nitrogens is 1. The first-order valence-corrected chi connectivity index (χ1v) is 8.66. The van der Waals surface area contributed by atoms with Crippen molar-refractivity contribution in [3.63, 3.8) is 0 Å². The first-order valence-electron chi connectivity index (χ1n) is 8.28. The van der Waals surface area contributed by atoms with Crippen LogP contribution in [0.2, 0.25) is 5.02 Å². The first kappa shape index (κ1) is 17.3. The van der Waals surface area contributed by atoms with Crippen LogP contribution in [-0.4, -0.2) is 10.5 Å². The molecule has 3 aromatic rings. The summed E-state index contributed by atoms with van der Waals surface area (Å²) in [6.07, 6.45) is 4.32. The monoisotopic (exact) mass is 352 g/mol. The van der Waals surface area contributed by atoms with Crippen LogP contribution in [0.5, 0.6) is 0 Å². The summed E-state index contributed by atoms with van der Waals surface area (Å²) >= 11 is 6.23. The van der Waals surface area contributed by atoms with Crippen LogP contribution < -0.4 is 5.32 Å². The van der Waals surface area contributed by atoms with Gasteiger partial charge in [-0.25, -0.2) is 0 Å². The van der Waals surface area contributed by atoms with E-state index >= 15 is 0 Å². The zero-order valence-electron chi connectivity index (χ0n) is 14.4. The van der Waals surface area contributed by atoms with E-state index in [4.69, 9.17) is 11.6 Å². The molecule has 0 unspecified atom stereocenters. The zero-order valence-corrected chi connectivity index (χ0v) is 15.1. The molecule has 0 fully saturated rings. The van der Waals surface area contributed by atoms with E-state index in [9.17, 15) is 4.79 Å². The minimum absolute atomic E-state index is 0.0552. The molecule has 2 aromatic carbocycles. The highest BCUT2D eigenvalue weighted by Gasteiger charge is 2.19. The minimum atomic E-state index is -0.0623. The second-order valence-electron chi connectivity index (χ2n) is 6.24. The Labute approximate surface area is 153 Å². The van der Waals surface area contributed by atoms with E-state index in [2.05, 4.69) is 28.9 Å². The van der Waals surface area contributed by atoms with Gasteiger partial charge in [0.25, 0.3) is 0 Å². The second-order valence-corrected chi connectivity index (χ2v) is 6.65. The van der Waals surface area contributed by atoms with Crippen molar-refractivity contribution in [3.05, 3.63) is 88.7 Å². The normalized spacial score (nSPS) is 12.0. The third kappa shape index (κ3) is 4.12. The maximum absolute atomic E-state index is 12.7. The fraction of sp³-hybridized carbons (Fsp3) is 0.190. The SMILES string of the molecule is Cc1ccc(NC(=O)C[C@H](c2ccccc2C)n2cccc2)c(Cl)c1. The molecule has 3 nitrogen and oxygen atoms in total. The molecule has 0 bridgehead atoms. The van der Waals surface area contributed by atoms with Gasteiger partial charge in [-0.1, -0.05) is 41.9 Å². The number of halogens is 1. The molecule has 1 heterocycles. The van der Waals surface area contributed by atoms with Gasteiger partial charge in [0.2, 0.25) is 5.91 Å². The van der Waals surface area contributed by atoms with Crippen molar-refractivity contribution in [2.24, 2.45) is 0 Å². The van der Waals surface area contributed by atoms with Crippen molar-refractivity contribution < 1.29 is 4.79 Å². The average Bonchev–Trinajstić information content (AvgIpc) is 3.10.